The molecule has 2 aromatic heterocycles. The Hall–Kier alpha value is -2.25. The molecule has 4 rings (SSSR count). The molecule has 1 amide bonds. The number of hydrogen-bond donors (Lipinski definition) is 0. The molecule has 2 aliphatic rings. The Kier molecular flexibility index (Phi) is 4.74. The molecule has 7 nitrogen and oxygen atoms in total. The van der Waals surface area contributed by atoms with Gasteiger partial charge in [-0.05, 0) is 37.5 Å². The van der Waals surface area contributed by atoms with E-state index >= 15 is 0 Å². The normalized spacial score (nSPS) is 25.7. The summed E-state index contributed by atoms with van der Waals surface area (Å²) in [5.74, 6) is 0.178. The van der Waals surface area contributed by atoms with Crippen molar-refractivity contribution in [3.05, 3.63) is 47.6 Å². The molecule has 2 fully saturated rings. The van der Waals surface area contributed by atoms with Gasteiger partial charge >= 0.3 is 0 Å². The highest BCUT2D eigenvalue weighted by atomic mass is 16.6. The lowest BCUT2D eigenvalue weighted by molar-refractivity contribution is -0.0472. The lowest BCUT2D eigenvalue weighted by Gasteiger charge is -2.39. The number of piperidine rings is 1. The second kappa shape index (κ2) is 7.17. The average molecular weight is 357 g/mol. The third-order valence-electron chi connectivity index (χ3n) is 5.08. The molecule has 1 spiro atoms. The molecular weight excluding hydrogens is 334 g/mol. The van der Waals surface area contributed by atoms with Crippen LogP contribution in [0.1, 0.15) is 41.1 Å². The number of nitrogens with zero attached hydrogens (tertiary/aromatic N) is 3. The minimum Gasteiger partial charge on any atom is -0.371 e. The number of hydrogen-bond acceptors (Lipinski definition) is 6. The van der Waals surface area contributed by atoms with Gasteiger partial charge in [-0.25, -0.2) is 0 Å². The van der Waals surface area contributed by atoms with Gasteiger partial charge in [0, 0.05) is 31.4 Å². The van der Waals surface area contributed by atoms with Gasteiger partial charge in [-0.2, -0.15) is 0 Å². The van der Waals surface area contributed by atoms with Gasteiger partial charge in [0.1, 0.15) is 0 Å². The number of carbonyl (C=O) groups excluding carboxylic acids is 1. The fourth-order valence-electron chi connectivity index (χ4n) is 3.78. The number of ether oxygens (including phenoxy) is 2. The van der Waals surface area contributed by atoms with Crippen LogP contribution in [0.25, 0.3) is 0 Å². The Bertz CT molecular complexity index is 763. The van der Waals surface area contributed by atoms with Crippen LogP contribution in [0.2, 0.25) is 0 Å². The van der Waals surface area contributed by atoms with Crippen LogP contribution in [-0.4, -0.2) is 52.3 Å². The predicted molar refractivity (Wildman–Crippen MR) is 92.5 cm³/mol. The highest BCUT2D eigenvalue weighted by Gasteiger charge is 2.45. The molecule has 4 heterocycles. The molecule has 0 aliphatic carbocycles. The van der Waals surface area contributed by atoms with Gasteiger partial charge in [0.15, 0.2) is 0 Å². The lowest BCUT2D eigenvalue weighted by Crippen LogP contribution is -2.50. The van der Waals surface area contributed by atoms with Gasteiger partial charge in [-0.15, -0.1) is 0 Å². The van der Waals surface area contributed by atoms with E-state index in [9.17, 15) is 4.79 Å². The minimum atomic E-state index is -0.314. The number of pyridine rings is 1. The molecule has 7 heteroatoms. The quantitative estimate of drug-likeness (QED) is 0.836. The van der Waals surface area contributed by atoms with Crippen molar-refractivity contribution in [1.29, 1.82) is 0 Å². The van der Waals surface area contributed by atoms with Crippen LogP contribution >= 0.6 is 0 Å². The van der Waals surface area contributed by atoms with Crippen LogP contribution in [0, 0.1) is 6.92 Å². The number of carbonyl (C=O) groups is 1. The van der Waals surface area contributed by atoms with E-state index < -0.39 is 0 Å². The number of rotatable bonds is 4. The maximum absolute atomic E-state index is 12.6. The molecule has 0 bridgehead atoms. The molecule has 2 aromatic rings. The Morgan fingerprint density at radius 3 is 3.04 bits per heavy atom. The number of aryl methyl sites for hydroxylation is 1. The van der Waals surface area contributed by atoms with Crippen LogP contribution in [0.5, 0.6) is 0 Å². The van der Waals surface area contributed by atoms with Crippen molar-refractivity contribution in [3.63, 3.8) is 0 Å². The van der Waals surface area contributed by atoms with Crippen LogP contribution in [0.15, 0.2) is 35.1 Å². The maximum atomic E-state index is 12.6. The van der Waals surface area contributed by atoms with E-state index in [2.05, 4.69) is 10.1 Å². The molecule has 0 radical (unpaired) electrons. The second-order valence-electron chi connectivity index (χ2n) is 7.15. The molecule has 0 unspecified atom stereocenters. The van der Waals surface area contributed by atoms with Crippen molar-refractivity contribution >= 4 is 5.91 Å². The third kappa shape index (κ3) is 3.64. The molecule has 2 atom stereocenters. The third-order valence-corrected chi connectivity index (χ3v) is 5.08. The van der Waals surface area contributed by atoms with E-state index in [4.69, 9.17) is 14.0 Å². The highest BCUT2D eigenvalue weighted by Crippen LogP contribution is 2.36. The molecule has 26 heavy (non-hydrogen) atoms. The standard InChI is InChI=1S/C19H23N3O4/c1-14-9-17(26-21-14)18(23)22-8-2-5-19(13-22)10-16(12-25-19)24-11-15-3-6-20-7-4-15/h3-4,6-7,9,16H,2,5,8,10-13H2,1H3/t16-,19+/m1/s1. The van der Waals surface area contributed by atoms with E-state index in [1.165, 1.54) is 0 Å². The van der Waals surface area contributed by atoms with Crippen LogP contribution in [0.3, 0.4) is 0 Å². The fourth-order valence-corrected chi connectivity index (χ4v) is 3.78. The van der Waals surface area contributed by atoms with Crippen LogP contribution in [-0.2, 0) is 16.1 Å². The smallest absolute Gasteiger partial charge is 0.292 e. The summed E-state index contributed by atoms with van der Waals surface area (Å²) in [7, 11) is 0. The SMILES string of the molecule is Cc1cc(C(=O)N2CCC[C@]3(C[C@@H](OCc4ccncc4)CO3)C2)on1. The zero-order valence-corrected chi connectivity index (χ0v) is 14.9. The molecule has 138 valence electrons. The Morgan fingerprint density at radius 1 is 1.42 bits per heavy atom. The van der Waals surface area contributed by atoms with Crippen molar-refractivity contribution in [2.75, 3.05) is 19.7 Å². The maximum Gasteiger partial charge on any atom is 0.292 e. The predicted octanol–water partition coefficient (Wildman–Crippen LogP) is 2.36. The summed E-state index contributed by atoms with van der Waals surface area (Å²) in [6.45, 7) is 4.21. The van der Waals surface area contributed by atoms with Gasteiger partial charge in [-0.1, -0.05) is 5.16 Å². The van der Waals surface area contributed by atoms with Gasteiger partial charge < -0.3 is 18.9 Å². The van der Waals surface area contributed by atoms with Crippen molar-refractivity contribution < 1.29 is 18.8 Å². The summed E-state index contributed by atoms with van der Waals surface area (Å²) in [6.07, 6.45) is 6.24. The number of aromatic nitrogens is 2. The first-order valence-corrected chi connectivity index (χ1v) is 9.01. The molecule has 0 aromatic carbocycles. The van der Waals surface area contributed by atoms with Crippen molar-refractivity contribution in [3.8, 4) is 0 Å². The zero-order chi connectivity index (χ0) is 18.0. The number of amides is 1. The monoisotopic (exact) mass is 357 g/mol. The first-order valence-electron chi connectivity index (χ1n) is 9.01. The van der Waals surface area contributed by atoms with Gasteiger partial charge in [0.2, 0.25) is 5.76 Å². The summed E-state index contributed by atoms with van der Waals surface area (Å²) in [5.41, 5.74) is 1.50. The van der Waals surface area contributed by atoms with Gasteiger partial charge in [0.05, 0.1) is 37.2 Å². The van der Waals surface area contributed by atoms with Crippen molar-refractivity contribution in [2.24, 2.45) is 0 Å². The molecule has 2 aliphatic heterocycles. The van der Waals surface area contributed by atoms with Crippen molar-refractivity contribution in [2.45, 2.75) is 44.5 Å². The Morgan fingerprint density at radius 2 is 2.27 bits per heavy atom. The molecular formula is C19H23N3O4. The van der Waals surface area contributed by atoms with Crippen molar-refractivity contribution in [1.82, 2.24) is 15.0 Å². The largest absolute Gasteiger partial charge is 0.371 e. The second-order valence-corrected chi connectivity index (χ2v) is 7.15. The summed E-state index contributed by atoms with van der Waals surface area (Å²) in [5, 5.41) is 3.81. The topological polar surface area (TPSA) is 77.7 Å². The van der Waals surface area contributed by atoms with E-state index in [0.717, 1.165) is 24.8 Å². The lowest BCUT2D eigenvalue weighted by atomic mass is 9.89. The zero-order valence-electron chi connectivity index (χ0n) is 14.9. The first kappa shape index (κ1) is 17.2. The van der Waals surface area contributed by atoms with E-state index in [0.29, 0.717) is 37.8 Å². The van der Waals surface area contributed by atoms with Gasteiger partial charge in [-0.3, -0.25) is 9.78 Å². The van der Waals surface area contributed by atoms with Crippen LogP contribution in [0.4, 0.5) is 0 Å². The van der Waals surface area contributed by atoms with E-state index in [1.807, 2.05) is 24.0 Å². The van der Waals surface area contributed by atoms with Crippen LogP contribution < -0.4 is 0 Å². The fraction of sp³-hybridized carbons (Fsp3) is 0.526. The average Bonchev–Trinajstić information content (AvgIpc) is 3.27. The summed E-state index contributed by atoms with van der Waals surface area (Å²) >= 11 is 0. The molecule has 2 saturated heterocycles. The minimum absolute atomic E-state index is 0.0470. The highest BCUT2D eigenvalue weighted by molar-refractivity contribution is 5.91. The first-order chi connectivity index (χ1) is 12.6. The Labute approximate surface area is 152 Å². The number of likely N-dealkylation sites (tertiary alicyclic amines) is 1. The molecule has 0 saturated carbocycles. The van der Waals surface area contributed by atoms with E-state index in [-0.39, 0.29) is 17.6 Å². The summed E-state index contributed by atoms with van der Waals surface area (Å²) in [6, 6.07) is 5.58. The molecule has 0 N–H and O–H groups in total. The van der Waals surface area contributed by atoms with Gasteiger partial charge in [0.25, 0.3) is 5.91 Å². The summed E-state index contributed by atoms with van der Waals surface area (Å²) in [4.78, 5) is 18.5. The van der Waals surface area contributed by atoms with E-state index in [1.54, 1.807) is 18.5 Å². The Balaban J connectivity index is 1.35. The summed E-state index contributed by atoms with van der Waals surface area (Å²) < 4.78 is 17.3.